The molecule has 1 N–H and O–H groups in total. The molecule has 1 unspecified atom stereocenters. The average molecular weight is 246 g/mol. The summed E-state index contributed by atoms with van der Waals surface area (Å²) < 4.78 is 10.3. The SMILES string of the molecule is COc1ccc(C(O)c2ncccn2)c(OC)c1. The fraction of sp³-hybridized carbons (Fsp3) is 0.231. The molecule has 1 atom stereocenters. The lowest BCUT2D eigenvalue weighted by atomic mass is 10.1. The molecule has 1 heterocycles. The Balaban J connectivity index is 2.38. The number of benzene rings is 1. The molecule has 0 aliphatic carbocycles. The number of ether oxygens (including phenoxy) is 2. The zero-order valence-corrected chi connectivity index (χ0v) is 10.2. The van der Waals surface area contributed by atoms with Crippen LogP contribution in [-0.4, -0.2) is 29.3 Å². The Morgan fingerprint density at radius 2 is 1.83 bits per heavy atom. The minimum Gasteiger partial charge on any atom is -0.497 e. The highest BCUT2D eigenvalue weighted by Gasteiger charge is 2.18. The lowest BCUT2D eigenvalue weighted by Gasteiger charge is -2.14. The van der Waals surface area contributed by atoms with Gasteiger partial charge >= 0.3 is 0 Å². The molecule has 2 aromatic rings. The van der Waals surface area contributed by atoms with E-state index >= 15 is 0 Å². The smallest absolute Gasteiger partial charge is 0.161 e. The third kappa shape index (κ3) is 2.41. The van der Waals surface area contributed by atoms with E-state index in [2.05, 4.69) is 9.97 Å². The molecule has 0 aliphatic rings. The zero-order chi connectivity index (χ0) is 13.0. The van der Waals surface area contributed by atoms with Gasteiger partial charge in [-0.05, 0) is 18.2 Å². The summed E-state index contributed by atoms with van der Waals surface area (Å²) in [6, 6.07) is 6.89. The van der Waals surface area contributed by atoms with E-state index in [0.717, 1.165) is 0 Å². The molecule has 2 rings (SSSR count). The Kier molecular flexibility index (Phi) is 3.74. The van der Waals surface area contributed by atoms with Gasteiger partial charge in [-0.25, -0.2) is 9.97 Å². The van der Waals surface area contributed by atoms with Gasteiger partial charge in [0, 0.05) is 24.0 Å². The van der Waals surface area contributed by atoms with Crippen molar-refractivity contribution in [2.75, 3.05) is 14.2 Å². The van der Waals surface area contributed by atoms with Crippen LogP contribution in [0.1, 0.15) is 17.5 Å². The van der Waals surface area contributed by atoms with Crippen LogP contribution < -0.4 is 9.47 Å². The topological polar surface area (TPSA) is 64.5 Å². The third-order valence-electron chi connectivity index (χ3n) is 2.57. The lowest BCUT2D eigenvalue weighted by molar-refractivity contribution is 0.204. The third-order valence-corrected chi connectivity index (χ3v) is 2.57. The molecule has 5 heteroatoms. The van der Waals surface area contributed by atoms with E-state index in [1.54, 1.807) is 43.8 Å². The fourth-order valence-electron chi connectivity index (χ4n) is 1.64. The molecule has 0 fully saturated rings. The molecule has 0 radical (unpaired) electrons. The van der Waals surface area contributed by atoms with Gasteiger partial charge in [-0.3, -0.25) is 0 Å². The summed E-state index contributed by atoms with van der Waals surface area (Å²) in [6.07, 6.45) is 2.25. The van der Waals surface area contributed by atoms with Crippen molar-refractivity contribution in [3.05, 3.63) is 48.0 Å². The summed E-state index contributed by atoms with van der Waals surface area (Å²) in [5, 5.41) is 10.2. The Hall–Kier alpha value is -2.14. The number of methoxy groups -OCH3 is 2. The van der Waals surface area contributed by atoms with Crippen LogP contribution in [-0.2, 0) is 0 Å². The van der Waals surface area contributed by atoms with Gasteiger partial charge in [0.05, 0.1) is 14.2 Å². The van der Waals surface area contributed by atoms with Crippen LogP contribution in [0.2, 0.25) is 0 Å². The Bertz CT molecular complexity index is 517. The summed E-state index contributed by atoms with van der Waals surface area (Å²) in [6.45, 7) is 0. The van der Waals surface area contributed by atoms with Crippen molar-refractivity contribution >= 4 is 0 Å². The summed E-state index contributed by atoms with van der Waals surface area (Å²) in [7, 11) is 3.11. The molecular formula is C13H14N2O3. The van der Waals surface area contributed by atoms with Crippen LogP contribution in [0.25, 0.3) is 0 Å². The second-order valence-corrected chi connectivity index (χ2v) is 3.62. The van der Waals surface area contributed by atoms with Crippen molar-refractivity contribution in [3.8, 4) is 11.5 Å². The van der Waals surface area contributed by atoms with E-state index in [-0.39, 0.29) is 0 Å². The number of aliphatic hydroxyl groups excluding tert-OH is 1. The van der Waals surface area contributed by atoms with E-state index in [0.29, 0.717) is 22.9 Å². The van der Waals surface area contributed by atoms with Gasteiger partial charge < -0.3 is 14.6 Å². The first-order valence-electron chi connectivity index (χ1n) is 5.43. The second-order valence-electron chi connectivity index (χ2n) is 3.62. The molecule has 0 amide bonds. The number of hydrogen-bond acceptors (Lipinski definition) is 5. The first kappa shape index (κ1) is 12.3. The van der Waals surface area contributed by atoms with Crippen LogP contribution in [0.3, 0.4) is 0 Å². The Labute approximate surface area is 105 Å². The molecule has 5 nitrogen and oxygen atoms in total. The average Bonchev–Trinajstić information content (AvgIpc) is 2.46. The number of hydrogen-bond donors (Lipinski definition) is 1. The molecular weight excluding hydrogens is 232 g/mol. The molecule has 0 saturated heterocycles. The van der Waals surface area contributed by atoms with E-state index < -0.39 is 6.10 Å². The first-order valence-corrected chi connectivity index (χ1v) is 5.43. The Morgan fingerprint density at radius 1 is 1.11 bits per heavy atom. The van der Waals surface area contributed by atoms with Crippen LogP contribution in [0.4, 0.5) is 0 Å². The number of aliphatic hydroxyl groups is 1. The van der Waals surface area contributed by atoms with Crippen LogP contribution in [0.5, 0.6) is 11.5 Å². The highest BCUT2D eigenvalue weighted by Crippen LogP contribution is 2.31. The van der Waals surface area contributed by atoms with Gasteiger partial charge in [0.15, 0.2) is 5.82 Å². The van der Waals surface area contributed by atoms with Crippen molar-refractivity contribution in [1.29, 1.82) is 0 Å². The Morgan fingerprint density at radius 3 is 2.44 bits per heavy atom. The number of rotatable bonds is 4. The van der Waals surface area contributed by atoms with Crippen molar-refractivity contribution in [3.63, 3.8) is 0 Å². The standard InChI is InChI=1S/C13H14N2O3/c1-17-9-4-5-10(11(8-9)18-2)12(16)13-14-6-3-7-15-13/h3-8,12,16H,1-2H3. The maximum Gasteiger partial charge on any atom is 0.161 e. The van der Waals surface area contributed by atoms with E-state index in [9.17, 15) is 5.11 Å². The van der Waals surface area contributed by atoms with Crippen LogP contribution >= 0.6 is 0 Å². The molecule has 0 aliphatic heterocycles. The molecule has 1 aromatic heterocycles. The summed E-state index contributed by atoms with van der Waals surface area (Å²) in [4.78, 5) is 8.05. The first-order chi connectivity index (χ1) is 8.76. The normalized spacial score (nSPS) is 11.9. The maximum absolute atomic E-state index is 10.2. The van der Waals surface area contributed by atoms with Gasteiger partial charge in [-0.2, -0.15) is 0 Å². The van der Waals surface area contributed by atoms with Gasteiger partial charge in [0.2, 0.25) is 0 Å². The molecule has 0 spiro atoms. The maximum atomic E-state index is 10.2. The van der Waals surface area contributed by atoms with Crippen molar-refractivity contribution in [2.24, 2.45) is 0 Å². The van der Waals surface area contributed by atoms with Crippen LogP contribution in [0, 0.1) is 0 Å². The molecule has 0 saturated carbocycles. The predicted molar refractivity (Wildman–Crippen MR) is 65.6 cm³/mol. The molecule has 18 heavy (non-hydrogen) atoms. The largest absolute Gasteiger partial charge is 0.497 e. The van der Waals surface area contributed by atoms with Crippen LogP contribution in [0.15, 0.2) is 36.7 Å². The van der Waals surface area contributed by atoms with Crippen molar-refractivity contribution in [2.45, 2.75) is 6.10 Å². The van der Waals surface area contributed by atoms with E-state index in [4.69, 9.17) is 9.47 Å². The lowest BCUT2D eigenvalue weighted by Crippen LogP contribution is -2.06. The van der Waals surface area contributed by atoms with Gasteiger partial charge in [0.1, 0.15) is 17.6 Å². The van der Waals surface area contributed by atoms with Gasteiger partial charge in [-0.15, -0.1) is 0 Å². The van der Waals surface area contributed by atoms with E-state index in [1.807, 2.05) is 0 Å². The quantitative estimate of drug-likeness (QED) is 0.887. The molecule has 0 bridgehead atoms. The van der Waals surface area contributed by atoms with E-state index in [1.165, 1.54) is 7.11 Å². The minimum atomic E-state index is -0.924. The highest BCUT2D eigenvalue weighted by molar-refractivity contribution is 5.43. The molecule has 94 valence electrons. The summed E-state index contributed by atoms with van der Waals surface area (Å²) >= 11 is 0. The minimum absolute atomic E-state index is 0.334. The highest BCUT2D eigenvalue weighted by atomic mass is 16.5. The molecule has 1 aromatic carbocycles. The number of aromatic nitrogens is 2. The van der Waals surface area contributed by atoms with Crippen molar-refractivity contribution < 1.29 is 14.6 Å². The van der Waals surface area contributed by atoms with Gasteiger partial charge in [0.25, 0.3) is 0 Å². The summed E-state index contributed by atoms with van der Waals surface area (Å²) in [5.74, 6) is 1.53. The number of nitrogens with zero attached hydrogens (tertiary/aromatic N) is 2. The fourth-order valence-corrected chi connectivity index (χ4v) is 1.64. The van der Waals surface area contributed by atoms with Crippen molar-refractivity contribution in [1.82, 2.24) is 9.97 Å². The summed E-state index contributed by atoms with van der Waals surface area (Å²) in [5.41, 5.74) is 0.601. The predicted octanol–water partition coefficient (Wildman–Crippen LogP) is 1.58. The van der Waals surface area contributed by atoms with Gasteiger partial charge in [-0.1, -0.05) is 0 Å². The second kappa shape index (κ2) is 5.46. The monoisotopic (exact) mass is 246 g/mol. The zero-order valence-electron chi connectivity index (χ0n) is 10.2.